The molecule has 0 saturated carbocycles. The predicted octanol–water partition coefficient (Wildman–Crippen LogP) is 3.64. The number of hydrogen-bond acceptors (Lipinski definition) is 3. The number of hydrogen-bond donors (Lipinski definition) is 1. The molecule has 0 unspecified atom stereocenters. The topological polar surface area (TPSA) is 66.5 Å². The van der Waals surface area contributed by atoms with E-state index in [0.717, 1.165) is 19.3 Å². The number of carbonyl (C=O) groups excluding carboxylic acids is 1. The van der Waals surface area contributed by atoms with Crippen LogP contribution in [-0.2, 0) is 10.0 Å². The second-order valence-electron chi connectivity index (χ2n) is 6.45. The summed E-state index contributed by atoms with van der Waals surface area (Å²) in [7, 11) is -3.65. The van der Waals surface area contributed by atoms with Crippen LogP contribution in [0.15, 0.2) is 53.4 Å². The molecule has 7 heteroatoms. The lowest BCUT2D eigenvalue weighted by atomic mass is 10.1. The fraction of sp³-hybridized carbons (Fsp3) is 0.316. The molecule has 1 amide bonds. The van der Waals surface area contributed by atoms with E-state index in [1.54, 1.807) is 12.1 Å². The molecule has 138 valence electrons. The van der Waals surface area contributed by atoms with Crippen LogP contribution in [-0.4, -0.2) is 31.2 Å². The van der Waals surface area contributed by atoms with E-state index in [1.165, 1.54) is 40.7 Å². The van der Waals surface area contributed by atoms with Gasteiger partial charge in [0.15, 0.2) is 0 Å². The summed E-state index contributed by atoms with van der Waals surface area (Å²) in [6.45, 7) is 2.39. The van der Waals surface area contributed by atoms with Crippen molar-refractivity contribution in [1.82, 2.24) is 4.31 Å². The predicted molar refractivity (Wildman–Crippen MR) is 98.0 cm³/mol. The highest BCUT2D eigenvalue weighted by molar-refractivity contribution is 7.89. The second-order valence-corrected chi connectivity index (χ2v) is 8.34. The van der Waals surface area contributed by atoms with Crippen LogP contribution < -0.4 is 5.32 Å². The molecule has 2 aromatic carbocycles. The van der Waals surface area contributed by atoms with Crippen LogP contribution in [0.3, 0.4) is 0 Å². The molecule has 5 nitrogen and oxygen atoms in total. The molecule has 0 aromatic heterocycles. The van der Waals surface area contributed by atoms with E-state index in [4.69, 9.17) is 0 Å². The Morgan fingerprint density at radius 2 is 1.92 bits per heavy atom. The van der Waals surface area contributed by atoms with Crippen molar-refractivity contribution < 1.29 is 17.6 Å². The van der Waals surface area contributed by atoms with E-state index < -0.39 is 21.7 Å². The Labute approximate surface area is 152 Å². The minimum absolute atomic E-state index is 0.0569. The van der Waals surface area contributed by atoms with Gasteiger partial charge in [0, 0.05) is 23.8 Å². The van der Waals surface area contributed by atoms with Gasteiger partial charge >= 0.3 is 0 Å². The van der Waals surface area contributed by atoms with E-state index in [2.05, 4.69) is 5.32 Å². The van der Waals surface area contributed by atoms with Crippen molar-refractivity contribution in [3.8, 4) is 0 Å². The minimum Gasteiger partial charge on any atom is -0.322 e. The van der Waals surface area contributed by atoms with Crippen molar-refractivity contribution in [2.24, 2.45) is 0 Å². The van der Waals surface area contributed by atoms with Crippen LogP contribution in [0.2, 0.25) is 0 Å². The molecule has 1 N–H and O–H groups in total. The van der Waals surface area contributed by atoms with Gasteiger partial charge < -0.3 is 5.32 Å². The lowest BCUT2D eigenvalue weighted by Crippen LogP contribution is -2.41. The first-order valence-corrected chi connectivity index (χ1v) is 10.0. The molecule has 26 heavy (non-hydrogen) atoms. The highest BCUT2D eigenvalue weighted by Crippen LogP contribution is 2.25. The van der Waals surface area contributed by atoms with Crippen LogP contribution in [0.1, 0.15) is 36.5 Å². The Kier molecular flexibility index (Phi) is 5.38. The van der Waals surface area contributed by atoms with Crippen molar-refractivity contribution in [2.45, 2.75) is 37.1 Å². The largest absolute Gasteiger partial charge is 0.322 e. The second kappa shape index (κ2) is 7.55. The normalized spacial score (nSPS) is 18.5. The van der Waals surface area contributed by atoms with Crippen molar-refractivity contribution in [2.75, 3.05) is 11.9 Å². The molecule has 1 heterocycles. The number of halogens is 1. The first-order valence-electron chi connectivity index (χ1n) is 8.57. The Balaban J connectivity index is 1.84. The van der Waals surface area contributed by atoms with Gasteiger partial charge in [-0.05, 0) is 56.2 Å². The highest BCUT2D eigenvalue weighted by atomic mass is 32.2. The van der Waals surface area contributed by atoms with Gasteiger partial charge in [-0.1, -0.05) is 18.6 Å². The number of piperidine rings is 1. The first-order chi connectivity index (χ1) is 12.4. The molecule has 1 aliphatic heterocycles. The first kappa shape index (κ1) is 18.5. The van der Waals surface area contributed by atoms with Crippen LogP contribution in [0.5, 0.6) is 0 Å². The van der Waals surface area contributed by atoms with E-state index in [-0.39, 0.29) is 16.5 Å². The van der Waals surface area contributed by atoms with Crippen molar-refractivity contribution >= 4 is 21.6 Å². The van der Waals surface area contributed by atoms with Crippen LogP contribution >= 0.6 is 0 Å². The molecule has 0 aliphatic carbocycles. The lowest BCUT2D eigenvalue weighted by Gasteiger charge is -2.32. The third-order valence-corrected chi connectivity index (χ3v) is 6.54. The van der Waals surface area contributed by atoms with Gasteiger partial charge in [0.1, 0.15) is 5.82 Å². The molecule has 3 rings (SSSR count). The van der Waals surface area contributed by atoms with E-state index in [9.17, 15) is 17.6 Å². The summed E-state index contributed by atoms with van der Waals surface area (Å²) < 4.78 is 40.6. The number of benzene rings is 2. The van der Waals surface area contributed by atoms with Crippen molar-refractivity contribution in [3.63, 3.8) is 0 Å². The van der Waals surface area contributed by atoms with Crippen molar-refractivity contribution in [3.05, 3.63) is 59.9 Å². The molecule has 0 spiro atoms. The summed E-state index contributed by atoms with van der Waals surface area (Å²) in [6.07, 6.45) is 2.69. The number of nitrogens with one attached hydrogen (secondary N) is 1. The maximum atomic E-state index is 13.2. The van der Waals surface area contributed by atoms with Gasteiger partial charge in [0.05, 0.1) is 4.90 Å². The zero-order chi connectivity index (χ0) is 18.7. The summed E-state index contributed by atoms with van der Waals surface area (Å²) in [5.74, 6) is -0.947. The SMILES string of the molecule is C[C@H]1CCCCN1S(=O)(=O)c1cccc(C(=O)Nc2cccc(F)c2)c1. The summed E-state index contributed by atoms with van der Waals surface area (Å²) in [5, 5.41) is 2.58. The zero-order valence-electron chi connectivity index (χ0n) is 14.5. The van der Waals surface area contributed by atoms with E-state index in [0.29, 0.717) is 12.2 Å². The van der Waals surface area contributed by atoms with E-state index in [1.807, 2.05) is 6.92 Å². The van der Waals surface area contributed by atoms with Crippen LogP contribution in [0, 0.1) is 5.82 Å². The van der Waals surface area contributed by atoms with Gasteiger partial charge in [-0.25, -0.2) is 12.8 Å². The van der Waals surface area contributed by atoms with Crippen LogP contribution in [0.25, 0.3) is 0 Å². The number of nitrogens with zero attached hydrogens (tertiary/aromatic N) is 1. The summed E-state index contributed by atoms with van der Waals surface area (Å²) in [4.78, 5) is 12.5. The molecule has 0 radical (unpaired) electrons. The van der Waals surface area contributed by atoms with E-state index >= 15 is 0 Å². The minimum atomic E-state index is -3.65. The number of anilines is 1. The van der Waals surface area contributed by atoms with Gasteiger partial charge in [-0.3, -0.25) is 4.79 Å². The third kappa shape index (κ3) is 3.94. The van der Waals surface area contributed by atoms with Gasteiger partial charge in [-0.15, -0.1) is 0 Å². The average Bonchev–Trinajstić information content (AvgIpc) is 2.62. The molecule has 1 aliphatic rings. The number of carbonyl (C=O) groups is 1. The Hall–Kier alpha value is -2.25. The van der Waals surface area contributed by atoms with Crippen molar-refractivity contribution in [1.29, 1.82) is 0 Å². The summed E-state index contributed by atoms with van der Waals surface area (Å²) in [6, 6.07) is 11.4. The van der Waals surface area contributed by atoms with Crippen LogP contribution in [0.4, 0.5) is 10.1 Å². The maximum absolute atomic E-state index is 13.2. The Morgan fingerprint density at radius 3 is 2.65 bits per heavy atom. The van der Waals surface area contributed by atoms with Gasteiger partial charge in [0.25, 0.3) is 5.91 Å². The smallest absolute Gasteiger partial charge is 0.255 e. The van der Waals surface area contributed by atoms with Gasteiger partial charge in [0.2, 0.25) is 10.0 Å². The number of rotatable bonds is 4. The molecule has 1 saturated heterocycles. The Morgan fingerprint density at radius 1 is 1.15 bits per heavy atom. The third-order valence-electron chi connectivity index (χ3n) is 4.53. The fourth-order valence-electron chi connectivity index (χ4n) is 3.13. The summed E-state index contributed by atoms with van der Waals surface area (Å²) >= 11 is 0. The lowest BCUT2D eigenvalue weighted by molar-refractivity contribution is 0.102. The zero-order valence-corrected chi connectivity index (χ0v) is 15.3. The molecule has 1 fully saturated rings. The molecule has 0 bridgehead atoms. The molecule has 2 aromatic rings. The van der Waals surface area contributed by atoms with Gasteiger partial charge in [-0.2, -0.15) is 4.31 Å². The standard InChI is InChI=1S/C19H21FN2O3S/c1-14-6-2-3-11-22(14)26(24,25)18-10-4-7-15(12-18)19(23)21-17-9-5-8-16(20)13-17/h4-5,7-10,12-14H,2-3,6,11H2,1H3,(H,21,23)/t14-/m0/s1. The monoisotopic (exact) mass is 376 g/mol. The average molecular weight is 376 g/mol. The fourth-order valence-corrected chi connectivity index (χ4v) is 4.88. The molecular weight excluding hydrogens is 355 g/mol. The molecule has 1 atom stereocenters. The molecular formula is C19H21FN2O3S. The summed E-state index contributed by atoms with van der Waals surface area (Å²) in [5.41, 5.74) is 0.521. The maximum Gasteiger partial charge on any atom is 0.255 e. The quantitative estimate of drug-likeness (QED) is 0.886. The number of sulfonamides is 1. The number of amides is 1. The highest BCUT2D eigenvalue weighted by Gasteiger charge is 2.31. The Bertz CT molecular complexity index is 915.